The van der Waals surface area contributed by atoms with Gasteiger partial charge in [0.05, 0.1) is 0 Å². The van der Waals surface area contributed by atoms with Crippen LogP contribution >= 0.6 is 15.9 Å². The van der Waals surface area contributed by atoms with Gasteiger partial charge in [-0.1, -0.05) is 15.9 Å². The van der Waals surface area contributed by atoms with Gasteiger partial charge in [0.1, 0.15) is 0 Å². The van der Waals surface area contributed by atoms with Crippen LogP contribution in [0.2, 0.25) is 0 Å². The zero-order valence-corrected chi connectivity index (χ0v) is 9.40. The number of benzene rings is 1. The van der Waals surface area contributed by atoms with Gasteiger partial charge in [0.15, 0.2) is 0 Å². The lowest BCUT2D eigenvalue weighted by molar-refractivity contribution is -0.130. The SMILES string of the molecule is FC(F)(F)N1CCCc2cc(Br)ccc21. The molecule has 0 aromatic heterocycles. The first kappa shape index (κ1) is 10.8. The van der Waals surface area contributed by atoms with Crippen LogP contribution in [-0.2, 0) is 6.42 Å². The van der Waals surface area contributed by atoms with Gasteiger partial charge in [0, 0.05) is 16.7 Å². The molecular formula is C10H9BrF3N. The molecule has 0 aliphatic carbocycles. The standard InChI is InChI=1S/C10H9BrF3N/c11-8-3-4-9-7(6-8)2-1-5-15(9)10(12,13)14/h3-4,6H,1-2,5H2. The van der Waals surface area contributed by atoms with E-state index in [1.807, 2.05) is 0 Å². The molecule has 0 spiro atoms. The summed E-state index contributed by atoms with van der Waals surface area (Å²) in [4.78, 5) is 0.512. The Balaban J connectivity index is 2.43. The minimum Gasteiger partial charge on any atom is -0.284 e. The molecule has 0 atom stereocenters. The van der Waals surface area contributed by atoms with Gasteiger partial charge >= 0.3 is 6.30 Å². The Morgan fingerprint density at radius 3 is 2.67 bits per heavy atom. The summed E-state index contributed by atoms with van der Waals surface area (Å²) >= 11 is 3.26. The number of fused-ring (bicyclic) bond motifs is 1. The average molecular weight is 280 g/mol. The van der Waals surface area contributed by atoms with Gasteiger partial charge in [-0.05, 0) is 36.6 Å². The van der Waals surface area contributed by atoms with Crippen molar-refractivity contribution in [2.24, 2.45) is 0 Å². The van der Waals surface area contributed by atoms with Crippen molar-refractivity contribution in [3.05, 3.63) is 28.2 Å². The second-order valence-corrected chi connectivity index (χ2v) is 4.41. The lowest BCUT2D eigenvalue weighted by Gasteiger charge is -2.32. The molecule has 1 aliphatic heterocycles. The molecule has 0 bridgehead atoms. The molecule has 0 unspecified atom stereocenters. The van der Waals surface area contributed by atoms with Crippen LogP contribution in [-0.4, -0.2) is 12.8 Å². The number of hydrogen-bond donors (Lipinski definition) is 0. The van der Waals surface area contributed by atoms with Gasteiger partial charge in [0.2, 0.25) is 0 Å². The van der Waals surface area contributed by atoms with Crippen LogP contribution in [0.15, 0.2) is 22.7 Å². The normalized spacial score (nSPS) is 16.4. The molecule has 0 saturated heterocycles. The highest BCUT2D eigenvalue weighted by Gasteiger charge is 2.39. The minimum atomic E-state index is -4.27. The smallest absolute Gasteiger partial charge is 0.284 e. The molecule has 5 heteroatoms. The fraction of sp³-hybridized carbons (Fsp3) is 0.400. The van der Waals surface area contributed by atoms with E-state index in [1.54, 1.807) is 12.1 Å². The maximum atomic E-state index is 12.6. The van der Waals surface area contributed by atoms with Crippen LogP contribution in [0.1, 0.15) is 12.0 Å². The second-order valence-electron chi connectivity index (χ2n) is 3.50. The Kier molecular flexibility index (Phi) is 2.66. The van der Waals surface area contributed by atoms with Crippen molar-refractivity contribution in [3.8, 4) is 0 Å². The van der Waals surface area contributed by atoms with E-state index in [-0.39, 0.29) is 12.2 Å². The molecule has 0 amide bonds. The van der Waals surface area contributed by atoms with Crippen molar-refractivity contribution in [1.82, 2.24) is 0 Å². The highest BCUT2D eigenvalue weighted by molar-refractivity contribution is 9.10. The monoisotopic (exact) mass is 279 g/mol. The van der Waals surface area contributed by atoms with Gasteiger partial charge in [-0.15, -0.1) is 0 Å². The summed E-state index contributed by atoms with van der Waals surface area (Å²) in [5.74, 6) is 0. The average Bonchev–Trinajstić information content (AvgIpc) is 2.15. The molecule has 1 heterocycles. The number of anilines is 1. The Morgan fingerprint density at radius 2 is 2.00 bits per heavy atom. The molecule has 1 aromatic carbocycles. The number of hydrogen-bond acceptors (Lipinski definition) is 1. The van der Waals surface area contributed by atoms with Crippen molar-refractivity contribution < 1.29 is 13.2 Å². The Bertz CT molecular complexity index is 375. The van der Waals surface area contributed by atoms with Gasteiger partial charge in [-0.3, -0.25) is 4.90 Å². The van der Waals surface area contributed by atoms with Crippen LogP contribution in [0.5, 0.6) is 0 Å². The largest absolute Gasteiger partial charge is 0.484 e. The summed E-state index contributed by atoms with van der Waals surface area (Å²) < 4.78 is 38.7. The van der Waals surface area contributed by atoms with E-state index in [1.165, 1.54) is 6.07 Å². The number of rotatable bonds is 0. The highest BCUT2D eigenvalue weighted by atomic mass is 79.9. The van der Waals surface area contributed by atoms with Crippen LogP contribution in [0.4, 0.5) is 18.9 Å². The van der Waals surface area contributed by atoms with Crippen LogP contribution in [0.25, 0.3) is 0 Å². The first-order valence-corrected chi connectivity index (χ1v) is 5.40. The van der Waals surface area contributed by atoms with Crippen molar-refractivity contribution >= 4 is 21.6 Å². The Labute approximate surface area is 94.0 Å². The van der Waals surface area contributed by atoms with E-state index in [4.69, 9.17) is 0 Å². The van der Waals surface area contributed by atoms with Crippen molar-refractivity contribution in [2.45, 2.75) is 19.1 Å². The summed E-state index contributed by atoms with van der Waals surface area (Å²) in [6.07, 6.45) is -3.02. The molecule has 2 rings (SSSR count). The summed E-state index contributed by atoms with van der Waals surface area (Å²) in [7, 11) is 0. The van der Waals surface area contributed by atoms with Gasteiger partial charge in [-0.25, -0.2) is 0 Å². The quantitative estimate of drug-likeness (QED) is 0.655. The van der Waals surface area contributed by atoms with Crippen LogP contribution in [0, 0.1) is 0 Å². The lowest BCUT2D eigenvalue weighted by atomic mass is 10.0. The lowest BCUT2D eigenvalue weighted by Crippen LogP contribution is -2.41. The number of halogens is 4. The van der Waals surface area contributed by atoms with Gasteiger partial charge < -0.3 is 0 Å². The molecule has 0 fully saturated rings. The molecular weight excluding hydrogens is 271 g/mol. The number of aryl methyl sites for hydroxylation is 1. The first-order valence-electron chi connectivity index (χ1n) is 4.61. The summed E-state index contributed by atoms with van der Waals surface area (Å²) in [6, 6.07) is 4.92. The fourth-order valence-corrected chi connectivity index (χ4v) is 2.24. The van der Waals surface area contributed by atoms with Crippen LogP contribution < -0.4 is 4.90 Å². The molecule has 1 aromatic rings. The third kappa shape index (κ3) is 2.12. The highest BCUT2D eigenvalue weighted by Crippen LogP contribution is 2.36. The zero-order chi connectivity index (χ0) is 11.1. The molecule has 0 N–H and O–H groups in total. The third-order valence-electron chi connectivity index (χ3n) is 2.47. The topological polar surface area (TPSA) is 3.24 Å². The van der Waals surface area contributed by atoms with E-state index >= 15 is 0 Å². The van der Waals surface area contributed by atoms with E-state index in [9.17, 15) is 13.2 Å². The molecule has 82 valence electrons. The van der Waals surface area contributed by atoms with E-state index in [0.717, 1.165) is 10.0 Å². The Hall–Kier alpha value is -0.710. The number of alkyl halides is 3. The molecule has 0 saturated carbocycles. The second kappa shape index (κ2) is 3.70. The molecule has 15 heavy (non-hydrogen) atoms. The maximum Gasteiger partial charge on any atom is 0.484 e. The summed E-state index contributed by atoms with van der Waals surface area (Å²) in [5.41, 5.74) is 1.05. The van der Waals surface area contributed by atoms with Crippen molar-refractivity contribution in [1.29, 1.82) is 0 Å². The molecule has 1 aliphatic rings. The van der Waals surface area contributed by atoms with Crippen molar-refractivity contribution in [2.75, 3.05) is 11.4 Å². The third-order valence-corrected chi connectivity index (χ3v) is 2.96. The fourth-order valence-electron chi connectivity index (χ4n) is 1.83. The number of nitrogens with zero attached hydrogens (tertiary/aromatic N) is 1. The van der Waals surface area contributed by atoms with E-state index < -0.39 is 6.30 Å². The maximum absolute atomic E-state index is 12.6. The Morgan fingerprint density at radius 1 is 1.27 bits per heavy atom. The predicted molar refractivity (Wildman–Crippen MR) is 55.9 cm³/mol. The molecule has 1 nitrogen and oxygen atoms in total. The minimum absolute atomic E-state index is 0.0537. The van der Waals surface area contributed by atoms with Gasteiger partial charge in [0.25, 0.3) is 0 Å². The first-order chi connectivity index (χ1) is 6.98. The van der Waals surface area contributed by atoms with Crippen LogP contribution in [0.3, 0.4) is 0 Å². The van der Waals surface area contributed by atoms with E-state index in [2.05, 4.69) is 15.9 Å². The predicted octanol–water partition coefficient (Wildman–Crippen LogP) is 3.72. The van der Waals surface area contributed by atoms with Crippen molar-refractivity contribution in [3.63, 3.8) is 0 Å². The summed E-state index contributed by atoms with van der Waals surface area (Å²) in [5, 5.41) is 0. The van der Waals surface area contributed by atoms with Gasteiger partial charge in [-0.2, -0.15) is 13.2 Å². The summed E-state index contributed by atoms with van der Waals surface area (Å²) in [6.45, 7) is 0.0537. The zero-order valence-electron chi connectivity index (χ0n) is 7.81. The molecule has 0 radical (unpaired) electrons. The van der Waals surface area contributed by atoms with E-state index in [0.29, 0.717) is 17.7 Å².